The van der Waals surface area contributed by atoms with Gasteiger partial charge in [0.05, 0.1) is 13.2 Å². The quantitative estimate of drug-likeness (QED) is 0.875. The van der Waals surface area contributed by atoms with Crippen LogP contribution in [0.15, 0.2) is 34.9 Å². The van der Waals surface area contributed by atoms with Crippen molar-refractivity contribution in [3.63, 3.8) is 0 Å². The van der Waals surface area contributed by atoms with Crippen LogP contribution in [0.5, 0.6) is 0 Å². The minimum Gasteiger partial charge on any atom is -0.448 e. The molecule has 1 aliphatic heterocycles. The molecule has 0 bridgehead atoms. The van der Waals surface area contributed by atoms with Crippen LogP contribution in [0, 0.1) is 5.92 Å². The van der Waals surface area contributed by atoms with Crippen LogP contribution >= 0.6 is 0 Å². The number of carbonyl (C=O) groups is 1. The summed E-state index contributed by atoms with van der Waals surface area (Å²) in [6.45, 7) is 4.44. The van der Waals surface area contributed by atoms with E-state index >= 15 is 0 Å². The van der Waals surface area contributed by atoms with Crippen LogP contribution in [0.2, 0.25) is 0 Å². The van der Waals surface area contributed by atoms with Crippen molar-refractivity contribution < 1.29 is 13.9 Å². The van der Waals surface area contributed by atoms with Crippen LogP contribution in [-0.4, -0.2) is 42.1 Å². The van der Waals surface area contributed by atoms with E-state index in [1.807, 2.05) is 24.3 Å². The molecule has 0 unspecified atom stereocenters. The number of rotatable bonds is 6. The van der Waals surface area contributed by atoms with Crippen LogP contribution in [0.3, 0.4) is 0 Å². The Bertz CT molecular complexity index is 716. The molecule has 4 rings (SSSR count). The molecule has 1 aliphatic carbocycles. The standard InChI is InChI=1S/C19H23N3O3/c23-19(17-13-25-18(21-17)11-14-1-2-14)20-16-5-3-15(4-6-16)12-22-7-9-24-10-8-22/h3-6,13-14H,1-2,7-12H2,(H,20,23). The number of amides is 1. The summed E-state index contributed by atoms with van der Waals surface area (Å²) in [5, 5.41) is 2.88. The zero-order chi connectivity index (χ0) is 17.1. The summed E-state index contributed by atoms with van der Waals surface area (Å²) in [6, 6.07) is 7.95. The fourth-order valence-corrected chi connectivity index (χ4v) is 2.98. The highest BCUT2D eigenvalue weighted by Gasteiger charge is 2.24. The van der Waals surface area contributed by atoms with Crippen LogP contribution < -0.4 is 5.32 Å². The molecule has 1 amide bonds. The first-order chi connectivity index (χ1) is 12.3. The topological polar surface area (TPSA) is 67.6 Å². The number of oxazole rings is 1. The molecule has 132 valence electrons. The Labute approximate surface area is 147 Å². The molecule has 1 aromatic heterocycles. The van der Waals surface area contributed by atoms with Crippen LogP contribution in [0.4, 0.5) is 5.69 Å². The summed E-state index contributed by atoms with van der Waals surface area (Å²) in [4.78, 5) is 18.9. The van der Waals surface area contributed by atoms with Crippen LogP contribution in [0.1, 0.15) is 34.8 Å². The van der Waals surface area contributed by atoms with Gasteiger partial charge in [0.1, 0.15) is 6.26 Å². The molecule has 25 heavy (non-hydrogen) atoms. The minimum absolute atomic E-state index is 0.230. The summed E-state index contributed by atoms with van der Waals surface area (Å²) in [5.74, 6) is 1.12. The normalized spacial score (nSPS) is 18.2. The summed E-state index contributed by atoms with van der Waals surface area (Å²) in [7, 11) is 0. The molecule has 2 aromatic rings. The zero-order valence-corrected chi connectivity index (χ0v) is 14.2. The zero-order valence-electron chi connectivity index (χ0n) is 14.2. The molecule has 2 heterocycles. The number of morpholine rings is 1. The van der Waals surface area contributed by atoms with Crippen molar-refractivity contribution in [1.29, 1.82) is 0 Å². The van der Waals surface area contributed by atoms with Gasteiger partial charge >= 0.3 is 0 Å². The smallest absolute Gasteiger partial charge is 0.277 e. The molecule has 6 nitrogen and oxygen atoms in total. The van der Waals surface area contributed by atoms with Gasteiger partial charge < -0.3 is 14.5 Å². The van der Waals surface area contributed by atoms with Gasteiger partial charge in [-0.1, -0.05) is 12.1 Å². The van der Waals surface area contributed by atoms with E-state index in [0.29, 0.717) is 17.5 Å². The van der Waals surface area contributed by atoms with E-state index in [9.17, 15) is 4.79 Å². The lowest BCUT2D eigenvalue weighted by molar-refractivity contribution is 0.0342. The Hall–Kier alpha value is -2.18. The predicted octanol–water partition coefficient (Wildman–Crippen LogP) is 2.71. The monoisotopic (exact) mass is 341 g/mol. The molecule has 0 atom stereocenters. The van der Waals surface area contributed by atoms with Gasteiger partial charge in [-0.15, -0.1) is 0 Å². The van der Waals surface area contributed by atoms with Gasteiger partial charge in [0, 0.05) is 31.7 Å². The maximum Gasteiger partial charge on any atom is 0.277 e. The number of benzene rings is 1. The third-order valence-electron chi connectivity index (χ3n) is 4.67. The van der Waals surface area contributed by atoms with E-state index in [1.165, 1.54) is 24.7 Å². The Balaban J connectivity index is 1.32. The molecule has 0 radical (unpaired) electrons. The summed E-state index contributed by atoms with van der Waals surface area (Å²) >= 11 is 0. The number of ether oxygens (including phenoxy) is 1. The van der Waals surface area contributed by atoms with Gasteiger partial charge in [0.25, 0.3) is 5.91 Å². The number of hydrogen-bond donors (Lipinski definition) is 1. The lowest BCUT2D eigenvalue weighted by atomic mass is 10.2. The van der Waals surface area contributed by atoms with Crippen molar-refractivity contribution in [2.45, 2.75) is 25.8 Å². The highest BCUT2D eigenvalue weighted by atomic mass is 16.5. The van der Waals surface area contributed by atoms with Gasteiger partial charge in [0.15, 0.2) is 11.6 Å². The number of nitrogens with zero attached hydrogens (tertiary/aromatic N) is 2. The molecule has 2 fully saturated rings. The Morgan fingerprint density at radius 2 is 1.96 bits per heavy atom. The second-order valence-electron chi connectivity index (χ2n) is 6.81. The summed E-state index contributed by atoms with van der Waals surface area (Å²) in [6.07, 6.45) is 4.75. The largest absolute Gasteiger partial charge is 0.448 e. The van der Waals surface area contributed by atoms with Crippen LogP contribution in [-0.2, 0) is 17.7 Å². The number of nitrogens with one attached hydrogen (secondary N) is 1. The molecule has 1 aromatic carbocycles. The Morgan fingerprint density at radius 3 is 2.68 bits per heavy atom. The van der Waals surface area contributed by atoms with E-state index in [0.717, 1.165) is 45.0 Å². The highest BCUT2D eigenvalue weighted by Crippen LogP contribution is 2.32. The molecular weight excluding hydrogens is 318 g/mol. The van der Waals surface area contributed by atoms with Crippen molar-refractivity contribution in [1.82, 2.24) is 9.88 Å². The summed E-state index contributed by atoms with van der Waals surface area (Å²) < 4.78 is 10.8. The first kappa shape index (κ1) is 16.3. The average Bonchev–Trinajstić information content (AvgIpc) is 3.32. The maximum atomic E-state index is 12.3. The number of carbonyl (C=O) groups excluding carboxylic acids is 1. The lowest BCUT2D eigenvalue weighted by Gasteiger charge is -2.26. The first-order valence-electron chi connectivity index (χ1n) is 8.91. The van der Waals surface area contributed by atoms with Crippen molar-refractivity contribution >= 4 is 11.6 Å². The number of hydrogen-bond acceptors (Lipinski definition) is 5. The number of aromatic nitrogens is 1. The second-order valence-corrected chi connectivity index (χ2v) is 6.81. The van der Waals surface area contributed by atoms with Gasteiger partial charge in [-0.25, -0.2) is 4.98 Å². The van der Waals surface area contributed by atoms with Crippen molar-refractivity contribution in [2.75, 3.05) is 31.6 Å². The summed E-state index contributed by atoms with van der Waals surface area (Å²) in [5.41, 5.74) is 2.34. The highest BCUT2D eigenvalue weighted by molar-refractivity contribution is 6.02. The van der Waals surface area contributed by atoms with E-state index in [4.69, 9.17) is 9.15 Å². The Morgan fingerprint density at radius 1 is 1.20 bits per heavy atom. The van der Waals surface area contributed by atoms with E-state index in [-0.39, 0.29) is 5.91 Å². The number of anilines is 1. The molecule has 1 saturated carbocycles. The van der Waals surface area contributed by atoms with E-state index in [2.05, 4.69) is 15.2 Å². The second kappa shape index (κ2) is 7.37. The average molecular weight is 341 g/mol. The minimum atomic E-state index is -0.230. The molecule has 6 heteroatoms. The third-order valence-corrected chi connectivity index (χ3v) is 4.67. The maximum absolute atomic E-state index is 12.3. The van der Waals surface area contributed by atoms with Crippen molar-refractivity contribution in [2.24, 2.45) is 5.92 Å². The Kier molecular flexibility index (Phi) is 4.81. The van der Waals surface area contributed by atoms with Crippen molar-refractivity contribution in [3.8, 4) is 0 Å². The lowest BCUT2D eigenvalue weighted by Crippen LogP contribution is -2.35. The van der Waals surface area contributed by atoms with Crippen LogP contribution in [0.25, 0.3) is 0 Å². The van der Waals surface area contributed by atoms with Gasteiger partial charge in [-0.2, -0.15) is 0 Å². The van der Waals surface area contributed by atoms with Crippen molar-refractivity contribution in [3.05, 3.63) is 47.7 Å². The third kappa shape index (κ3) is 4.46. The molecule has 2 aliphatic rings. The molecular formula is C19H23N3O3. The fourth-order valence-electron chi connectivity index (χ4n) is 2.98. The SMILES string of the molecule is O=C(Nc1ccc(CN2CCOCC2)cc1)c1coc(CC2CC2)n1. The molecule has 1 N–H and O–H groups in total. The molecule has 0 spiro atoms. The van der Waals surface area contributed by atoms with E-state index in [1.54, 1.807) is 0 Å². The van der Waals surface area contributed by atoms with Gasteiger partial charge in [-0.3, -0.25) is 9.69 Å². The molecule has 1 saturated heterocycles. The first-order valence-corrected chi connectivity index (χ1v) is 8.91. The predicted molar refractivity (Wildman–Crippen MR) is 93.4 cm³/mol. The van der Waals surface area contributed by atoms with Gasteiger partial charge in [0.2, 0.25) is 0 Å². The fraction of sp³-hybridized carbons (Fsp3) is 0.474. The van der Waals surface area contributed by atoms with E-state index < -0.39 is 0 Å². The van der Waals surface area contributed by atoms with Gasteiger partial charge in [-0.05, 0) is 36.5 Å².